The molecule has 0 aliphatic heterocycles. The lowest BCUT2D eigenvalue weighted by Gasteiger charge is -2.11. The summed E-state index contributed by atoms with van der Waals surface area (Å²) in [7, 11) is 0. The maximum absolute atomic E-state index is 10.0. The lowest BCUT2D eigenvalue weighted by molar-refractivity contribution is 1.17. The standard InChI is InChI=1S/C32H18N4/c33-19-21-14-16-27(22(18-21)20-34)36-28-12-6-4-10-24(28)25-15-17-30-31(32(25)36)26-11-5-7-13-29(26)35(30)23-8-2-1-3-9-23/h1-18H. The second-order valence-electron chi connectivity index (χ2n) is 8.85. The minimum atomic E-state index is 0.473. The van der Waals surface area contributed by atoms with Crippen LogP contribution in [0.5, 0.6) is 0 Å². The molecule has 0 spiro atoms. The van der Waals surface area contributed by atoms with Crippen molar-refractivity contribution in [1.29, 1.82) is 10.5 Å². The predicted octanol–water partition coefficient (Wildman–Crippen LogP) is 7.62. The SMILES string of the molecule is N#Cc1ccc(-n2c3ccccc3c3ccc4c(c5ccccc5n4-c4ccccc4)c32)c(C#N)c1. The van der Waals surface area contributed by atoms with E-state index in [1.807, 2.05) is 24.3 Å². The van der Waals surface area contributed by atoms with Gasteiger partial charge in [-0.25, -0.2) is 0 Å². The summed E-state index contributed by atoms with van der Waals surface area (Å²) in [6.45, 7) is 0. The van der Waals surface area contributed by atoms with Crippen molar-refractivity contribution in [3.05, 3.63) is 120 Å². The van der Waals surface area contributed by atoms with Gasteiger partial charge in [-0.3, -0.25) is 0 Å². The summed E-state index contributed by atoms with van der Waals surface area (Å²) < 4.78 is 4.49. The summed E-state index contributed by atoms with van der Waals surface area (Å²) >= 11 is 0. The average Bonchev–Trinajstić information content (AvgIpc) is 3.46. The van der Waals surface area contributed by atoms with Gasteiger partial charge in [-0.15, -0.1) is 0 Å². The summed E-state index contributed by atoms with van der Waals surface area (Å²) in [6, 6.07) is 41.4. The van der Waals surface area contributed by atoms with Crippen molar-refractivity contribution >= 4 is 43.6 Å². The Balaban J connectivity index is 1.75. The van der Waals surface area contributed by atoms with Crippen molar-refractivity contribution in [1.82, 2.24) is 9.13 Å². The molecule has 4 nitrogen and oxygen atoms in total. The Morgan fingerprint density at radius 3 is 1.97 bits per heavy atom. The Hall–Kier alpha value is -5.32. The van der Waals surface area contributed by atoms with Crippen LogP contribution < -0.4 is 0 Å². The van der Waals surface area contributed by atoms with Gasteiger partial charge in [0.1, 0.15) is 6.07 Å². The minimum absolute atomic E-state index is 0.473. The van der Waals surface area contributed by atoms with Crippen LogP contribution in [0.2, 0.25) is 0 Å². The van der Waals surface area contributed by atoms with Gasteiger partial charge in [0.25, 0.3) is 0 Å². The van der Waals surface area contributed by atoms with Crippen molar-refractivity contribution in [2.45, 2.75) is 0 Å². The smallest absolute Gasteiger partial charge is 0.101 e. The highest BCUT2D eigenvalue weighted by Gasteiger charge is 2.21. The third-order valence-electron chi connectivity index (χ3n) is 6.97. The van der Waals surface area contributed by atoms with E-state index in [1.54, 1.807) is 12.1 Å². The number of nitriles is 2. The molecule has 0 aliphatic rings. The van der Waals surface area contributed by atoms with Crippen molar-refractivity contribution in [3.8, 4) is 23.5 Å². The number of aromatic nitrogens is 2. The van der Waals surface area contributed by atoms with Gasteiger partial charge in [-0.05, 0) is 48.5 Å². The first kappa shape index (κ1) is 20.1. The molecular weight excluding hydrogens is 440 g/mol. The van der Waals surface area contributed by atoms with E-state index in [-0.39, 0.29) is 0 Å². The molecular formula is C32H18N4. The maximum Gasteiger partial charge on any atom is 0.101 e. The van der Waals surface area contributed by atoms with Gasteiger partial charge in [0, 0.05) is 27.2 Å². The van der Waals surface area contributed by atoms with Gasteiger partial charge in [-0.1, -0.05) is 60.7 Å². The van der Waals surface area contributed by atoms with Crippen LogP contribution in [0.25, 0.3) is 55.0 Å². The molecule has 0 saturated carbocycles. The number of nitrogens with zero attached hydrogens (tertiary/aromatic N) is 4. The van der Waals surface area contributed by atoms with Gasteiger partial charge >= 0.3 is 0 Å². The number of para-hydroxylation sites is 3. The molecule has 0 bridgehead atoms. The Morgan fingerprint density at radius 2 is 1.22 bits per heavy atom. The molecule has 0 radical (unpaired) electrons. The fourth-order valence-electron chi connectivity index (χ4n) is 5.50. The number of fused-ring (bicyclic) bond motifs is 7. The molecule has 166 valence electrons. The molecule has 5 aromatic carbocycles. The fourth-order valence-corrected chi connectivity index (χ4v) is 5.50. The van der Waals surface area contributed by atoms with E-state index in [1.165, 1.54) is 0 Å². The van der Waals surface area contributed by atoms with E-state index in [2.05, 4.69) is 94.1 Å². The van der Waals surface area contributed by atoms with Crippen molar-refractivity contribution in [3.63, 3.8) is 0 Å². The fraction of sp³-hybridized carbons (Fsp3) is 0. The monoisotopic (exact) mass is 458 g/mol. The predicted molar refractivity (Wildman–Crippen MR) is 145 cm³/mol. The van der Waals surface area contributed by atoms with Crippen LogP contribution in [0, 0.1) is 22.7 Å². The van der Waals surface area contributed by atoms with E-state index in [0.29, 0.717) is 11.1 Å². The van der Waals surface area contributed by atoms with Crippen LogP contribution in [-0.4, -0.2) is 9.13 Å². The summed E-state index contributed by atoms with van der Waals surface area (Å²) in [4.78, 5) is 0. The lowest BCUT2D eigenvalue weighted by atomic mass is 10.1. The lowest BCUT2D eigenvalue weighted by Crippen LogP contribution is -1.99. The Labute approximate surface area is 207 Å². The zero-order chi connectivity index (χ0) is 24.2. The highest BCUT2D eigenvalue weighted by atomic mass is 15.0. The minimum Gasteiger partial charge on any atom is -0.309 e. The molecule has 0 aliphatic carbocycles. The summed E-state index contributed by atoms with van der Waals surface area (Å²) in [5.74, 6) is 0. The zero-order valence-electron chi connectivity index (χ0n) is 19.2. The average molecular weight is 459 g/mol. The molecule has 2 aromatic heterocycles. The van der Waals surface area contributed by atoms with Crippen LogP contribution in [0.3, 0.4) is 0 Å². The van der Waals surface area contributed by atoms with Gasteiger partial charge in [0.2, 0.25) is 0 Å². The molecule has 0 N–H and O–H groups in total. The second-order valence-corrected chi connectivity index (χ2v) is 8.85. The number of hydrogen-bond acceptors (Lipinski definition) is 2. The second kappa shape index (κ2) is 7.60. The molecule has 0 saturated heterocycles. The molecule has 0 amide bonds. The Kier molecular flexibility index (Phi) is 4.24. The summed E-state index contributed by atoms with van der Waals surface area (Å²) in [5.41, 5.74) is 7.13. The van der Waals surface area contributed by atoms with Crippen LogP contribution in [0.15, 0.2) is 109 Å². The van der Waals surface area contributed by atoms with E-state index in [4.69, 9.17) is 0 Å². The van der Waals surface area contributed by atoms with E-state index in [0.717, 1.165) is 55.0 Å². The number of hydrogen-bond donors (Lipinski definition) is 0. The van der Waals surface area contributed by atoms with E-state index >= 15 is 0 Å². The van der Waals surface area contributed by atoms with Gasteiger partial charge < -0.3 is 9.13 Å². The molecule has 4 heteroatoms. The first-order valence-electron chi connectivity index (χ1n) is 11.8. The molecule has 0 atom stereocenters. The van der Waals surface area contributed by atoms with Crippen LogP contribution in [0.4, 0.5) is 0 Å². The van der Waals surface area contributed by atoms with Crippen molar-refractivity contribution in [2.75, 3.05) is 0 Å². The van der Waals surface area contributed by atoms with Crippen LogP contribution in [-0.2, 0) is 0 Å². The highest BCUT2D eigenvalue weighted by molar-refractivity contribution is 6.26. The van der Waals surface area contributed by atoms with Crippen molar-refractivity contribution in [2.24, 2.45) is 0 Å². The third-order valence-corrected chi connectivity index (χ3v) is 6.97. The topological polar surface area (TPSA) is 57.4 Å². The first-order valence-corrected chi connectivity index (χ1v) is 11.8. The number of rotatable bonds is 2. The maximum atomic E-state index is 10.0. The van der Waals surface area contributed by atoms with Crippen molar-refractivity contribution < 1.29 is 0 Å². The third kappa shape index (κ3) is 2.67. The van der Waals surface area contributed by atoms with Gasteiger partial charge in [-0.2, -0.15) is 10.5 Å². The number of benzene rings is 5. The summed E-state index contributed by atoms with van der Waals surface area (Å²) in [5, 5.41) is 24.0. The largest absolute Gasteiger partial charge is 0.309 e. The van der Waals surface area contributed by atoms with E-state index < -0.39 is 0 Å². The zero-order valence-corrected chi connectivity index (χ0v) is 19.2. The van der Waals surface area contributed by atoms with Crippen LogP contribution >= 0.6 is 0 Å². The molecule has 7 aromatic rings. The molecule has 36 heavy (non-hydrogen) atoms. The van der Waals surface area contributed by atoms with Crippen LogP contribution in [0.1, 0.15) is 11.1 Å². The molecule has 7 rings (SSSR count). The quantitative estimate of drug-likeness (QED) is 0.267. The highest BCUT2D eigenvalue weighted by Crippen LogP contribution is 2.42. The molecule has 0 unspecified atom stereocenters. The molecule has 2 heterocycles. The Morgan fingerprint density at radius 1 is 0.528 bits per heavy atom. The van der Waals surface area contributed by atoms with E-state index in [9.17, 15) is 10.5 Å². The normalized spacial score (nSPS) is 11.3. The first-order chi connectivity index (χ1) is 17.8. The van der Waals surface area contributed by atoms with Gasteiger partial charge in [0.15, 0.2) is 0 Å². The Bertz CT molecular complexity index is 2060. The summed E-state index contributed by atoms with van der Waals surface area (Å²) in [6.07, 6.45) is 0. The molecule has 0 fully saturated rings. The van der Waals surface area contributed by atoms with Gasteiger partial charge in [0.05, 0.1) is 45.0 Å².